The highest BCUT2D eigenvalue weighted by Gasteiger charge is 2.36. The van der Waals surface area contributed by atoms with Crippen molar-refractivity contribution < 1.29 is 55.8 Å². The molecule has 11 nitrogen and oxygen atoms in total. The Kier molecular flexibility index (Phi) is 11.0. The Labute approximate surface area is 132 Å². The van der Waals surface area contributed by atoms with E-state index >= 15 is 0 Å². The Morgan fingerprint density at radius 3 is 1.57 bits per heavy atom. The van der Waals surface area contributed by atoms with Gasteiger partial charge in [0, 0.05) is 13.2 Å². The van der Waals surface area contributed by atoms with Gasteiger partial charge in [0.25, 0.3) is 0 Å². The molecule has 7 atom stereocenters. The van der Waals surface area contributed by atoms with Crippen LogP contribution >= 0.6 is 0 Å². The molecule has 0 saturated heterocycles. The molecule has 0 aromatic heterocycles. The number of hydrogen-bond donors (Lipinski definition) is 10. The molecule has 11 heteroatoms. The van der Waals surface area contributed by atoms with E-state index in [-0.39, 0.29) is 12.8 Å². The number of rotatable bonds is 12. The van der Waals surface area contributed by atoms with E-state index in [1.807, 2.05) is 0 Å². The fourth-order valence-electron chi connectivity index (χ4n) is 1.80. The highest BCUT2D eigenvalue weighted by Crippen LogP contribution is 2.16. The lowest BCUT2D eigenvalue weighted by molar-refractivity contribution is -0.253. The van der Waals surface area contributed by atoms with Gasteiger partial charge in [-0.05, 0) is 12.8 Å². The predicted octanol–water partition coefficient (Wildman–Crippen LogP) is -5.43. The van der Waals surface area contributed by atoms with Gasteiger partial charge in [-0.1, -0.05) is 0 Å². The van der Waals surface area contributed by atoms with Crippen molar-refractivity contribution in [3.05, 3.63) is 0 Å². The zero-order valence-corrected chi connectivity index (χ0v) is 12.3. The second kappa shape index (κ2) is 11.2. The first-order chi connectivity index (χ1) is 10.7. The van der Waals surface area contributed by atoms with Crippen LogP contribution in [-0.2, 0) is 4.74 Å². The Hall–Kier alpha value is -0.440. The molecule has 0 aliphatic rings. The van der Waals surface area contributed by atoms with E-state index in [2.05, 4.69) is 0 Å². The average molecular weight is 346 g/mol. The van der Waals surface area contributed by atoms with Crippen molar-refractivity contribution in [2.75, 3.05) is 13.2 Å². The molecule has 140 valence electrons. The van der Waals surface area contributed by atoms with Crippen LogP contribution in [0.15, 0.2) is 0 Å². The second-order valence-electron chi connectivity index (χ2n) is 5.03. The van der Waals surface area contributed by atoms with Crippen LogP contribution in [0.4, 0.5) is 0 Å². The molecule has 0 aromatic rings. The predicted molar refractivity (Wildman–Crippen MR) is 72.5 cm³/mol. The maximum Gasteiger partial charge on any atom is 0.183 e. The lowest BCUT2D eigenvalue weighted by atomic mass is 10.0. The molecule has 0 spiro atoms. The van der Waals surface area contributed by atoms with Crippen LogP contribution in [0.3, 0.4) is 0 Å². The van der Waals surface area contributed by atoms with Crippen molar-refractivity contribution >= 4 is 0 Å². The van der Waals surface area contributed by atoms with Gasteiger partial charge < -0.3 is 55.8 Å². The molecule has 23 heavy (non-hydrogen) atoms. The molecule has 0 heterocycles. The summed E-state index contributed by atoms with van der Waals surface area (Å²) in [6.45, 7) is -1.04. The lowest BCUT2D eigenvalue weighted by Crippen LogP contribution is -2.51. The van der Waals surface area contributed by atoms with Crippen molar-refractivity contribution in [1.29, 1.82) is 0 Å². The summed E-state index contributed by atoms with van der Waals surface area (Å²) in [5.41, 5.74) is 0. The van der Waals surface area contributed by atoms with E-state index in [0.29, 0.717) is 0 Å². The molecule has 0 aromatic carbocycles. The van der Waals surface area contributed by atoms with E-state index in [0.717, 1.165) is 0 Å². The third-order valence-corrected chi connectivity index (χ3v) is 3.23. The first-order valence-electron chi connectivity index (χ1n) is 6.99. The topological polar surface area (TPSA) is 212 Å². The summed E-state index contributed by atoms with van der Waals surface area (Å²) >= 11 is 0. The van der Waals surface area contributed by atoms with E-state index in [1.165, 1.54) is 0 Å². The van der Waals surface area contributed by atoms with E-state index < -0.39 is 62.4 Å². The van der Waals surface area contributed by atoms with Gasteiger partial charge in [0.1, 0.15) is 24.4 Å². The summed E-state index contributed by atoms with van der Waals surface area (Å²) in [7, 11) is 0. The van der Waals surface area contributed by atoms with Crippen molar-refractivity contribution in [2.24, 2.45) is 0 Å². The minimum Gasteiger partial charge on any atom is -0.396 e. The molecule has 0 aliphatic heterocycles. The molecule has 0 aliphatic carbocycles. The molecule has 10 N–H and O–H groups in total. The molecule has 0 amide bonds. The first-order valence-corrected chi connectivity index (χ1v) is 6.99. The summed E-state index contributed by atoms with van der Waals surface area (Å²) < 4.78 is 4.81. The van der Waals surface area contributed by atoms with Gasteiger partial charge in [0.2, 0.25) is 0 Å². The van der Waals surface area contributed by atoms with Crippen LogP contribution in [0.25, 0.3) is 0 Å². The minimum absolute atomic E-state index is 0.275. The molecular formula is C12H26O11. The van der Waals surface area contributed by atoms with Gasteiger partial charge in [0.15, 0.2) is 12.6 Å². The van der Waals surface area contributed by atoms with E-state index in [4.69, 9.17) is 25.2 Å². The molecule has 0 saturated carbocycles. The summed E-state index contributed by atoms with van der Waals surface area (Å²) in [6.07, 6.45) is -16.0. The number of aliphatic hydroxyl groups excluding tert-OH is 9. The van der Waals surface area contributed by atoms with Crippen LogP contribution in [0.5, 0.6) is 0 Å². The molecule has 0 fully saturated rings. The summed E-state index contributed by atoms with van der Waals surface area (Å²) in [4.78, 5) is 0. The Bertz CT molecular complexity index is 303. The normalized spacial score (nSPS) is 21.5. The third-order valence-electron chi connectivity index (χ3n) is 3.23. The fourth-order valence-corrected chi connectivity index (χ4v) is 1.80. The largest absolute Gasteiger partial charge is 0.396 e. The number of aliphatic hydroxyl groups is 10. The van der Waals surface area contributed by atoms with Gasteiger partial charge in [-0.2, -0.15) is 0 Å². The van der Waals surface area contributed by atoms with Gasteiger partial charge in [-0.15, -0.1) is 0 Å². The van der Waals surface area contributed by atoms with Crippen LogP contribution in [0.1, 0.15) is 12.8 Å². The Morgan fingerprint density at radius 1 is 0.609 bits per heavy atom. The highest BCUT2D eigenvalue weighted by atomic mass is 16.6. The summed E-state index contributed by atoms with van der Waals surface area (Å²) in [5, 5.41) is 92.4. The van der Waals surface area contributed by atoms with E-state index in [1.54, 1.807) is 0 Å². The molecular weight excluding hydrogens is 320 g/mol. The van der Waals surface area contributed by atoms with Crippen molar-refractivity contribution in [1.82, 2.24) is 0 Å². The standard InChI is InChI=1S/C12H26O11/c13-3-1-5(15)7(16)10(19)12(22)23-6(2-4-14)8(17)9(18)11(20)21/h5-22H,1-4H2. The molecule has 0 radical (unpaired) electrons. The fraction of sp³-hybridized carbons (Fsp3) is 1.00. The quantitative estimate of drug-likeness (QED) is 0.151. The van der Waals surface area contributed by atoms with Gasteiger partial charge in [0.05, 0.1) is 12.2 Å². The average Bonchev–Trinajstić information content (AvgIpc) is 2.51. The first kappa shape index (κ1) is 22.6. The van der Waals surface area contributed by atoms with Crippen LogP contribution < -0.4 is 0 Å². The summed E-state index contributed by atoms with van der Waals surface area (Å²) in [5.74, 6) is 0. The van der Waals surface area contributed by atoms with Crippen molar-refractivity contribution in [3.8, 4) is 0 Å². The maximum atomic E-state index is 9.70. The Balaban J connectivity index is 4.79. The minimum atomic E-state index is -2.31. The zero-order chi connectivity index (χ0) is 18.2. The van der Waals surface area contributed by atoms with Crippen molar-refractivity contribution in [3.63, 3.8) is 0 Å². The van der Waals surface area contributed by atoms with Crippen molar-refractivity contribution in [2.45, 2.75) is 62.0 Å². The molecule has 7 unspecified atom stereocenters. The van der Waals surface area contributed by atoms with Gasteiger partial charge >= 0.3 is 0 Å². The monoisotopic (exact) mass is 346 g/mol. The second-order valence-corrected chi connectivity index (χ2v) is 5.03. The third kappa shape index (κ3) is 7.32. The van der Waals surface area contributed by atoms with Gasteiger partial charge in [-0.25, -0.2) is 0 Å². The molecule has 0 rings (SSSR count). The summed E-state index contributed by atoms with van der Waals surface area (Å²) in [6, 6.07) is 0. The zero-order valence-electron chi connectivity index (χ0n) is 12.3. The highest BCUT2D eigenvalue weighted by molar-refractivity contribution is 4.81. The maximum absolute atomic E-state index is 9.70. The number of hydrogen-bond acceptors (Lipinski definition) is 11. The van der Waals surface area contributed by atoms with Crippen LogP contribution in [-0.4, -0.2) is 113 Å². The number of ether oxygens (including phenoxy) is 1. The van der Waals surface area contributed by atoms with Gasteiger partial charge in [-0.3, -0.25) is 0 Å². The Morgan fingerprint density at radius 2 is 1.13 bits per heavy atom. The SMILES string of the molecule is OCCC(O)C(O)C(O)C(O)OC(CCO)C(O)C(O)C(O)O. The van der Waals surface area contributed by atoms with Crippen LogP contribution in [0.2, 0.25) is 0 Å². The lowest BCUT2D eigenvalue weighted by Gasteiger charge is -2.32. The van der Waals surface area contributed by atoms with E-state index in [9.17, 15) is 30.6 Å². The smallest absolute Gasteiger partial charge is 0.183 e. The van der Waals surface area contributed by atoms with Crippen LogP contribution in [0, 0.1) is 0 Å². The molecule has 0 bridgehead atoms.